The van der Waals surface area contributed by atoms with Crippen LogP contribution in [0, 0.1) is 34.5 Å². The summed E-state index contributed by atoms with van der Waals surface area (Å²) >= 11 is 0. The monoisotopic (exact) mass is 310 g/mol. The van der Waals surface area contributed by atoms with Crippen LogP contribution in [-0.2, 0) is 0 Å². The number of hydrogen-bond donors (Lipinski definition) is 1. The molecule has 0 aliphatic heterocycles. The average Bonchev–Trinajstić information content (AvgIpc) is 2.79. The van der Waals surface area contributed by atoms with Gasteiger partial charge >= 0.3 is 0 Å². The quantitative estimate of drug-likeness (QED) is 0.707. The van der Waals surface area contributed by atoms with Crippen LogP contribution in [0.1, 0.15) is 46.5 Å². The zero-order valence-electron chi connectivity index (χ0n) is 14.8. The maximum absolute atomic E-state index is 9.53. The van der Waals surface area contributed by atoms with Crippen molar-refractivity contribution in [2.24, 2.45) is 34.5 Å². The van der Waals surface area contributed by atoms with Crippen LogP contribution in [-0.4, -0.2) is 11.7 Å². The molecule has 0 aromatic rings. The summed E-state index contributed by atoms with van der Waals surface area (Å²) in [7, 11) is 0. The highest BCUT2D eigenvalue weighted by Crippen LogP contribution is 2.64. The van der Waals surface area contributed by atoms with E-state index in [0.29, 0.717) is 23.9 Å². The Kier molecular flexibility index (Phi) is 3.50. The van der Waals surface area contributed by atoms with Gasteiger partial charge in [-0.1, -0.05) is 55.9 Å². The predicted octanol–water partition coefficient (Wildman–Crippen LogP) is 5.06. The summed E-state index contributed by atoms with van der Waals surface area (Å²) in [6.07, 6.45) is 19.2. The smallest absolute Gasteiger partial charge is 0.0433 e. The molecule has 0 radical (unpaired) electrons. The second-order valence-electron chi connectivity index (χ2n) is 8.69. The van der Waals surface area contributed by atoms with Gasteiger partial charge in [0.1, 0.15) is 0 Å². The molecule has 0 heterocycles. The Balaban J connectivity index is 1.76. The number of hydrogen-bond acceptors (Lipinski definition) is 1. The Hall–Kier alpha value is -1.08. The van der Waals surface area contributed by atoms with Crippen LogP contribution < -0.4 is 0 Å². The number of allylic oxidation sites excluding steroid dienone is 8. The Morgan fingerprint density at radius 2 is 2.09 bits per heavy atom. The van der Waals surface area contributed by atoms with Crippen LogP contribution in [0.2, 0.25) is 0 Å². The topological polar surface area (TPSA) is 20.2 Å². The fourth-order valence-corrected chi connectivity index (χ4v) is 6.37. The average molecular weight is 310 g/mol. The van der Waals surface area contributed by atoms with Gasteiger partial charge in [0, 0.05) is 17.9 Å². The molecule has 0 aromatic carbocycles. The molecule has 0 aromatic heterocycles. The molecular weight excluding hydrogens is 280 g/mol. The predicted molar refractivity (Wildman–Crippen MR) is 95.8 cm³/mol. The van der Waals surface area contributed by atoms with Crippen LogP contribution in [0.25, 0.3) is 0 Å². The number of rotatable bonds is 2. The molecule has 23 heavy (non-hydrogen) atoms. The van der Waals surface area contributed by atoms with Crippen molar-refractivity contribution in [3.63, 3.8) is 0 Å². The van der Waals surface area contributed by atoms with Gasteiger partial charge in [-0.05, 0) is 61.3 Å². The first-order valence-electron chi connectivity index (χ1n) is 9.38. The van der Waals surface area contributed by atoms with Crippen LogP contribution in [0.4, 0.5) is 0 Å². The minimum atomic E-state index is 0.122. The van der Waals surface area contributed by atoms with E-state index in [2.05, 4.69) is 57.2 Å². The first kappa shape index (κ1) is 15.4. The molecule has 0 amide bonds. The molecule has 0 bridgehead atoms. The van der Waals surface area contributed by atoms with Crippen molar-refractivity contribution < 1.29 is 5.11 Å². The summed E-state index contributed by atoms with van der Waals surface area (Å²) in [4.78, 5) is 0. The molecular formula is C22H30O. The normalized spacial score (nSPS) is 47.5. The molecule has 1 unspecified atom stereocenters. The second kappa shape index (κ2) is 5.21. The largest absolute Gasteiger partial charge is 0.396 e. The van der Waals surface area contributed by atoms with E-state index in [4.69, 9.17) is 0 Å². The van der Waals surface area contributed by atoms with Crippen molar-refractivity contribution in [1.82, 2.24) is 0 Å². The van der Waals surface area contributed by atoms with Gasteiger partial charge < -0.3 is 5.11 Å². The lowest BCUT2D eigenvalue weighted by atomic mass is 9.54. The molecule has 4 aliphatic carbocycles. The molecule has 1 heteroatoms. The van der Waals surface area contributed by atoms with E-state index in [1.165, 1.54) is 18.4 Å². The molecule has 4 aliphatic rings. The van der Waals surface area contributed by atoms with Crippen molar-refractivity contribution in [2.75, 3.05) is 6.61 Å². The van der Waals surface area contributed by atoms with E-state index in [0.717, 1.165) is 24.7 Å². The summed E-state index contributed by atoms with van der Waals surface area (Å²) in [6.45, 7) is 7.64. The van der Waals surface area contributed by atoms with Gasteiger partial charge in [0.15, 0.2) is 0 Å². The first-order chi connectivity index (χ1) is 11.0. The van der Waals surface area contributed by atoms with Crippen molar-refractivity contribution in [3.05, 3.63) is 47.6 Å². The summed E-state index contributed by atoms with van der Waals surface area (Å²) in [5.74, 6) is 2.71. The Labute approximate surface area is 140 Å². The Morgan fingerprint density at radius 3 is 2.87 bits per heavy atom. The van der Waals surface area contributed by atoms with E-state index in [-0.39, 0.29) is 5.41 Å². The summed E-state index contributed by atoms with van der Waals surface area (Å²) in [5.41, 5.74) is 3.61. The lowest BCUT2D eigenvalue weighted by molar-refractivity contribution is 0.0900. The lowest BCUT2D eigenvalue weighted by Gasteiger charge is -2.50. The van der Waals surface area contributed by atoms with Gasteiger partial charge in [-0.15, -0.1) is 0 Å². The number of fused-ring (bicyclic) bond motifs is 5. The fourth-order valence-electron chi connectivity index (χ4n) is 6.37. The number of aliphatic hydroxyl groups is 1. The maximum Gasteiger partial charge on any atom is 0.0433 e. The highest BCUT2D eigenvalue weighted by molar-refractivity contribution is 5.50. The minimum Gasteiger partial charge on any atom is -0.396 e. The van der Waals surface area contributed by atoms with Crippen molar-refractivity contribution in [1.29, 1.82) is 0 Å². The van der Waals surface area contributed by atoms with Gasteiger partial charge in [-0.3, -0.25) is 0 Å². The SMILES string of the molecule is CC1C[C@H]2[C@@H]3C=CC4=CCC=C[C@]4(C)C3=CC[C@]2(C)[C@H]1CCO. The zero-order valence-corrected chi connectivity index (χ0v) is 14.8. The van der Waals surface area contributed by atoms with Crippen LogP contribution in [0.15, 0.2) is 47.6 Å². The van der Waals surface area contributed by atoms with Crippen molar-refractivity contribution in [3.8, 4) is 0 Å². The third-order valence-corrected chi connectivity index (χ3v) is 7.61. The number of aliphatic hydroxyl groups excluding tert-OH is 1. The maximum atomic E-state index is 9.53. The first-order valence-corrected chi connectivity index (χ1v) is 9.38. The molecule has 0 saturated heterocycles. The van der Waals surface area contributed by atoms with Gasteiger partial charge in [-0.2, -0.15) is 0 Å². The van der Waals surface area contributed by atoms with Crippen LogP contribution in [0.3, 0.4) is 0 Å². The molecule has 124 valence electrons. The standard InChI is InChI=1S/C22H30O/c1-15-14-20-17-8-7-16-6-4-5-11-21(16,2)19(17)9-12-22(20,3)18(15)10-13-23/h5-9,11,15,17-18,20,23H,4,10,12-14H2,1-3H3/t15?,17-,18+,20+,21+,22-/m1/s1. The van der Waals surface area contributed by atoms with Gasteiger partial charge in [-0.25, -0.2) is 0 Å². The molecule has 0 spiro atoms. The summed E-state index contributed by atoms with van der Waals surface area (Å²) < 4.78 is 0. The molecule has 6 atom stereocenters. The van der Waals surface area contributed by atoms with E-state index in [9.17, 15) is 5.11 Å². The van der Waals surface area contributed by atoms with E-state index < -0.39 is 0 Å². The third kappa shape index (κ3) is 2.02. The van der Waals surface area contributed by atoms with Crippen LogP contribution >= 0.6 is 0 Å². The van der Waals surface area contributed by atoms with Gasteiger partial charge in [0.25, 0.3) is 0 Å². The van der Waals surface area contributed by atoms with E-state index >= 15 is 0 Å². The van der Waals surface area contributed by atoms with Crippen LogP contribution in [0.5, 0.6) is 0 Å². The zero-order chi connectivity index (χ0) is 16.2. The van der Waals surface area contributed by atoms with Crippen molar-refractivity contribution >= 4 is 0 Å². The third-order valence-electron chi connectivity index (χ3n) is 7.61. The fraction of sp³-hybridized carbons (Fsp3) is 0.636. The van der Waals surface area contributed by atoms with E-state index in [1.54, 1.807) is 5.57 Å². The Morgan fingerprint density at radius 1 is 1.26 bits per heavy atom. The lowest BCUT2D eigenvalue weighted by Crippen LogP contribution is -2.41. The molecule has 1 saturated carbocycles. The molecule has 1 N–H and O–H groups in total. The van der Waals surface area contributed by atoms with E-state index in [1.807, 2.05) is 0 Å². The van der Waals surface area contributed by atoms with Gasteiger partial charge in [0.05, 0.1) is 0 Å². The molecule has 1 nitrogen and oxygen atoms in total. The summed E-state index contributed by atoms with van der Waals surface area (Å²) in [6, 6.07) is 0. The second-order valence-corrected chi connectivity index (χ2v) is 8.69. The van der Waals surface area contributed by atoms with Crippen molar-refractivity contribution in [2.45, 2.75) is 46.5 Å². The molecule has 4 rings (SSSR count). The molecule has 1 fully saturated rings. The highest BCUT2D eigenvalue weighted by atomic mass is 16.3. The van der Waals surface area contributed by atoms with Gasteiger partial charge in [0.2, 0.25) is 0 Å². The Bertz CT molecular complexity index is 622. The highest BCUT2D eigenvalue weighted by Gasteiger charge is 2.56. The summed E-state index contributed by atoms with van der Waals surface area (Å²) in [5, 5.41) is 9.53. The minimum absolute atomic E-state index is 0.122.